The van der Waals surface area contributed by atoms with E-state index < -0.39 is 0 Å². The second-order valence-corrected chi connectivity index (χ2v) is 5.69. The van der Waals surface area contributed by atoms with Crippen molar-refractivity contribution in [1.29, 1.82) is 0 Å². The molecule has 2 nitrogen and oxygen atoms in total. The molecule has 0 aliphatic rings. The van der Waals surface area contributed by atoms with Crippen LogP contribution in [0.4, 0.5) is 0 Å². The first-order valence-electron chi connectivity index (χ1n) is 6.38. The molecule has 2 atom stereocenters. The number of likely N-dealkylation sites (N-methyl/N-ethyl adjacent to an activating group) is 1. The Bertz CT molecular complexity index is 366. The van der Waals surface area contributed by atoms with Crippen molar-refractivity contribution in [3.63, 3.8) is 0 Å². The Morgan fingerprint density at radius 1 is 1.28 bits per heavy atom. The fraction of sp³-hybridized carbons (Fsp3) is 0.533. The minimum atomic E-state index is -0.0655. The van der Waals surface area contributed by atoms with Crippen molar-refractivity contribution >= 4 is 17.5 Å². The molecule has 0 amide bonds. The third-order valence-electron chi connectivity index (χ3n) is 3.48. The van der Waals surface area contributed by atoms with Gasteiger partial charge in [0.25, 0.3) is 0 Å². The van der Waals surface area contributed by atoms with Gasteiger partial charge in [0.1, 0.15) is 0 Å². The van der Waals surface area contributed by atoms with Crippen LogP contribution in [0.1, 0.15) is 30.6 Å². The molecule has 3 heteroatoms. The van der Waals surface area contributed by atoms with Crippen molar-refractivity contribution in [1.82, 2.24) is 4.90 Å². The fourth-order valence-corrected chi connectivity index (χ4v) is 2.48. The van der Waals surface area contributed by atoms with Crippen LogP contribution in [-0.4, -0.2) is 41.8 Å². The summed E-state index contributed by atoms with van der Waals surface area (Å²) < 4.78 is 0. The molecule has 0 fully saturated rings. The zero-order valence-electron chi connectivity index (χ0n) is 11.7. The Hall–Kier alpha value is -0.800. The molecule has 100 valence electrons. The number of rotatable bonds is 7. The summed E-state index contributed by atoms with van der Waals surface area (Å²) in [5.74, 6) is 1.34. The van der Waals surface area contributed by atoms with Crippen molar-refractivity contribution in [2.24, 2.45) is 0 Å². The van der Waals surface area contributed by atoms with Gasteiger partial charge < -0.3 is 0 Å². The van der Waals surface area contributed by atoms with Crippen molar-refractivity contribution in [2.45, 2.75) is 32.4 Å². The van der Waals surface area contributed by atoms with Crippen LogP contribution in [0, 0.1) is 0 Å². The van der Waals surface area contributed by atoms with Crippen LogP contribution in [0.3, 0.4) is 0 Å². The Morgan fingerprint density at radius 2 is 1.89 bits per heavy atom. The largest absolute Gasteiger partial charge is 0.294 e. The molecular formula is C15H23NOS. The molecule has 0 aromatic heterocycles. The standard InChI is InChI=1S/C15H23NOS/c1-12(10-11-18-4)16(3)13(2)15(17)14-8-6-5-7-9-14/h5-9,12-13H,10-11H2,1-4H3. The van der Waals surface area contributed by atoms with Crippen LogP contribution in [0.25, 0.3) is 0 Å². The van der Waals surface area contributed by atoms with Crippen LogP contribution in [-0.2, 0) is 0 Å². The third-order valence-corrected chi connectivity index (χ3v) is 4.13. The zero-order valence-corrected chi connectivity index (χ0v) is 12.5. The van der Waals surface area contributed by atoms with Gasteiger partial charge in [-0.3, -0.25) is 9.69 Å². The number of hydrogen-bond donors (Lipinski definition) is 0. The van der Waals surface area contributed by atoms with E-state index in [1.54, 1.807) is 0 Å². The lowest BCUT2D eigenvalue weighted by Gasteiger charge is -2.29. The summed E-state index contributed by atoms with van der Waals surface area (Å²) >= 11 is 1.85. The molecule has 0 heterocycles. The molecule has 1 aromatic rings. The summed E-state index contributed by atoms with van der Waals surface area (Å²) in [6.07, 6.45) is 3.23. The van der Waals surface area contributed by atoms with Crippen molar-refractivity contribution < 1.29 is 4.79 Å². The maximum Gasteiger partial charge on any atom is 0.179 e. The minimum Gasteiger partial charge on any atom is -0.294 e. The number of ketones is 1. The van der Waals surface area contributed by atoms with E-state index in [9.17, 15) is 4.79 Å². The molecule has 1 aromatic carbocycles. The Labute approximate surface area is 115 Å². The van der Waals surface area contributed by atoms with Gasteiger partial charge in [0.2, 0.25) is 0 Å². The summed E-state index contributed by atoms with van der Waals surface area (Å²) in [5, 5.41) is 0. The summed E-state index contributed by atoms with van der Waals surface area (Å²) in [6, 6.07) is 9.91. The summed E-state index contributed by atoms with van der Waals surface area (Å²) in [6.45, 7) is 4.18. The van der Waals surface area contributed by atoms with Gasteiger partial charge >= 0.3 is 0 Å². The zero-order chi connectivity index (χ0) is 13.5. The number of nitrogens with zero attached hydrogens (tertiary/aromatic N) is 1. The Kier molecular flexibility index (Phi) is 6.44. The number of carbonyl (C=O) groups excluding carboxylic acids is 1. The topological polar surface area (TPSA) is 20.3 Å². The smallest absolute Gasteiger partial charge is 0.179 e. The molecule has 1 rings (SSSR count). The van der Waals surface area contributed by atoms with Crippen molar-refractivity contribution in [2.75, 3.05) is 19.1 Å². The number of hydrogen-bond acceptors (Lipinski definition) is 3. The molecule has 0 aliphatic heterocycles. The third kappa shape index (κ3) is 4.14. The van der Waals surface area contributed by atoms with E-state index in [1.807, 2.05) is 56.1 Å². The first-order valence-corrected chi connectivity index (χ1v) is 7.77. The molecule has 2 unspecified atom stereocenters. The van der Waals surface area contributed by atoms with E-state index in [1.165, 1.54) is 0 Å². The second kappa shape index (κ2) is 7.59. The lowest BCUT2D eigenvalue weighted by atomic mass is 10.0. The predicted molar refractivity (Wildman–Crippen MR) is 80.5 cm³/mol. The highest BCUT2D eigenvalue weighted by Crippen LogP contribution is 2.13. The Balaban J connectivity index is 2.63. The van der Waals surface area contributed by atoms with Gasteiger partial charge in [-0.05, 0) is 39.3 Å². The molecule has 0 saturated carbocycles. The molecule has 0 aliphatic carbocycles. The van der Waals surface area contributed by atoms with E-state index in [2.05, 4.69) is 18.1 Å². The van der Waals surface area contributed by atoms with Gasteiger partial charge in [-0.1, -0.05) is 30.3 Å². The molecule has 0 N–H and O–H groups in total. The number of benzene rings is 1. The molecule has 0 radical (unpaired) electrons. The highest BCUT2D eigenvalue weighted by atomic mass is 32.2. The van der Waals surface area contributed by atoms with Crippen LogP contribution in [0.5, 0.6) is 0 Å². The van der Waals surface area contributed by atoms with Gasteiger partial charge in [0.15, 0.2) is 5.78 Å². The van der Waals surface area contributed by atoms with Gasteiger partial charge in [-0.2, -0.15) is 11.8 Å². The molecule has 0 bridgehead atoms. The van der Waals surface area contributed by atoms with Crippen LogP contribution in [0.2, 0.25) is 0 Å². The quantitative estimate of drug-likeness (QED) is 0.705. The SMILES string of the molecule is CSCCC(C)N(C)C(C)C(=O)c1ccccc1. The summed E-state index contributed by atoms with van der Waals surface area (Å²) in [5.41, 5.74) is 0.800. The fourth-order valence-electron chi connectivity index (χ4n) is 1.90. The number of thioether (sulfide) groups is 1. The molecule has 0 saturated heterocycles. The van der Waals surface area contributed by atoms with E-state index >= 15 is 0 Å². The average molecular weight is 265 g/mol. The van der Waals surface area contributed by atoms with Crippen LogP contribution in [0.15, 0.2) is 30.3 Å². The highest BCUT2D eigenvalue weighted by Gasteiger charge is 2.22. The lowest BCUT2D eigenvalue weighted by Crippen LogP contribution is -2.42. The van der Waals surface area contributed by atoms with Gasteiger partial charge in [0, 0.05) is 11.6 Å². The summed E-state index contributed by atoms with van der Waals surface area (Å²) in [4.78, 5) is 14.5. The van der Waals surface area contributed by atoms with Crippen LogP contribution >= 0.6 is 11.8 Å². The van der Waals surface area contributed by atoms with Gasteiger partial charge in [-0.25, -0.2) is 0 Å². The molecule has 0 spiro atoms. The first-order chi connectivity index (χ1) is 8.57. The van der Waals surface area contributed by atoms with Gasteiger partial charge in [0.05, 0.1) is 6.04 Å². The monoisotopic (exact) mass is 265 g/mol. The highest BCUT2D eigenvalue weighted by molar-refractivity contribution is 7.98. The van der Waals surface area contributed by atoms with Crippen molar-refractivity contribution in [3.05, 3.63) is 35.9 Å². The Morgan fingerprint density at radius 3 is 2.44 bits per heavy atom. The minimum absolute atomic E-state index is 0.0655. The summed E-state index contributed by atoms with van der Waals surface area (Å²) in [7, 11) is 2.04. The van der Waals surface area contributed by atoms with E-state index in [0.29, 0.717) is 6.04 Å². The first kappa shape index (κ1) is 15.3. The lowest BCUT2D eigenvalue weighted by molar-refractivity contribution is 0.0824. The average Bonchev–Trinajstić information content (AvgIpc) is 2.43. The number of Topliss-reactive ketones (excluding diaryl/α,β-unsaturated/α-hetero) is 1. The van der Waals surface area contributed by atoms with E-state index in [-0.39, 0.29) is 11.8 Å². The molecule has 18 heavy (non-hydrogen) atoms. The number of carbonyl (C=O) groups is 1. The molecular weight excluding hydrogens is 242 g/mol. The van der Waals surface area contributed by atoms with Gasteiger partial charge in [-0.15, -0.1) is 0 Å². The van der Waals surface area contributed by atoms with E-state index in [0.717, 1.165) is 17.7 Å². The predicted octanol–water partition coefficient (Wildman–Crippen LogP) is 3.33. The maximum atomic E-state index is 12.3. The van der Waals surface area contributed by atoms with Crippen molar-refractivity contribution in [3.8, 4) is 0 Å². The maximum absolute atomic E-state index is 12.3. The van der Waals surface area contributed by atoms with Crippen LogP contribution < -0.4 is 0 Å². The van der Waals surface area contributed by atoms with E-state index in [4.69, 9.17) is 0 Å². The second-order valence-electron chi connectivity index (χ2n) is 4.70. The normalized spacial score (nSPS) is 14.5.